The van der Waals surface area contributed by atoms with Crippen molar-refractivity contribution in [3.8, 4) is 5.75 Å². The Morgan fingerprint density at radius 1 is 1.07 bits per heavy atom. The van der Waals surface area contributed by atoms with E-state index in [2.05, 4.69) is 4.74 Å². The van der Waals surface area contributed by atoms with E-state index in [9.17, 15) is 39.2 Å². The molecule has 0 N–H and O–H groups in total. The molecular formula is C26H24ClF4NO7S3. The summed E-state index contributed by atoms with van der Waals surface area (Å²) in [6.07, 6.45) is -6.46. The van der Waals surface area contributed by atoms with Gasteiger partial charge < -0.3 is 9.47 Å². The molecule has 228 valence electrons. The minimum absolute atomic E-state index is 0.0289. The lowest BCUT2D eigenvalue weighted by Gasteiger charge is -2.36. The highest BCUT2D eigenvalue weighted by Crippen LogP contribution is 2.39. The van der Waals surface area contributed by atoms with Crippen molar-refractivity contribution < 1.29 is 48.7 Å². The maximum absolute atomic E-state index is 13.7. The number of carbonyl (C=O) groups is 1. The molecule has 1 atom stereocenters. The van der Waals surface area contributed by atoms with Gasteiger partial charge in [-0.2, -0.15) is 13.2 Å². The summed E-state index contributed by atoms with van der Waals surface area (Å²) >= 11 is 6.74. The summed E-state index contributed by atoms with van der Waals surface area (Å²) in [5, 5.41) is 0. The number of ether oxygens (including phenoxy) is 2. The van der Waals surface area contributed by atoms with Crippen LogP contribution in [-0.2, 0) is 35.8 Å². The fourth-order valence-electron chi connectivity index (χ4n) is 3.98. The number of anilines is 1. The van der Waals surface area contributed by atoms with E-state index in [0.29, 0.717) is 13.8 Å². The number of thiophene rings is 1. The van der Waals surface area contributed by atoms with Crippen molar-refractivity contribution in [1.82, 2.24) is 0 Å². The van der Waals surface area contributed by atoms with Crippen LogP contribution in [0, 0.1) is 5.82 Å². The number of carbonyl (C=O) groups excluding carboxylic acids is 1. The summed E-state index contributed by atoms with van der Waals surface area (Å²) in [5.41, 5.74) is -2.65. The molecule has 1 aliphatic rings. The minimum atomic E-state index is -4.81. The largest absolute Gasteiger partial charge is 0.486 e. The highest BCUT2D eigenvalue weighted by molar-refractivity contribution is 7.93. The van der Waals surface area contributed by atoms with Crippen LogP contribution in [0.4, 0.5) is 23.2 Å². The SMILES string of the molecule is CC(C)(OC(=O)Cc1ccc2c(c1)N(S(=O)(=O)c1ccc(F)cc1)C[C@H](CCS(=O)(=O)c1ccc(Cl)s1)O2)C(F)(F)F. The van der Waals surface area contributed by atoms with Crippen molar-refractivity contribution in [3.05, 3.63) is 70.3 Å². The predicted molar refractivity (Wildman–Crippen MR) is 148 cm³/mol. The van der Waals surface area contributed by atoms with Gasteiger partial charge in [-0.05, 0) is 67.9 Å². The molecule has 8 nitrogen and oxygen atoms in total. The molecular weight excluding hydrogens is 646 g/mol. The molecule has 42 heavy (non-hydrogen) atoms. The van der Waals surface area contributed by atoms with Crippen LogP contribution in [0.3, 0.4) is 0 Å². The van der Waals surface area contributed by atoms with Crippen molar-refractivity contribution >= 4 is 54.5 Å². The quantitative estimate of drug-likeness (QED) is 0.210. The molecule has 1 aliphatic heterocycles. The third-order valence-electron chi connectivity index (χ3n) is 6.32. The van der Waals surface area contributed by atoms with Gasteiger partial charge in [0.15, 0.2) is 9.84 Å². The Hall–Kier alpha value is -2.88. The summed E-state index contributed by atoms with van der Waals surface area (Å²) in [4.78, 5) is 12.1. The second-order valence-corrected chi connectivity index (χ2v) is 15.8. The molecule has 0 spiro atoms. The maximum atomic E-state index is 13.7. The van der Waals surface area contributed by atoms with E-state index in [1.807, 2.05) is 0 Å². The van der Waals surface area contributed by atoms with E-state index < -0.39 is 55.9 Å². The zero-order chi connectivity index (χ0) is 31.1. The lowest BCUT2D eigenvalue weighted by molar-refractivity contribution is -0.257. The summed E-state index contributed by atoms with van der Waals surface area (Å²) in [5.74, 6) is -2.22. The Morgan fingerprint density at radius 2 is 1.74 bits per heavy atom. The van der Waals surface area contributed by atoms with Gasteiger partial charge in [0.1, 0.15) is 21.9 Å². The zero-order valence-electron chi connectivity index (χ0n) is 22.0. The number of rotatable bonds is 9. The van der Waals surface area contributed by atoms with Crippen LogP contribution >= 0.6 is 22.9 Å². The first-order chi connectivity index (χ1) is 19.4. The van der Waals surface area contributed by atoms with Crippen LogP contribution in [0.2, 0.25) is 4.34 Å². The Kier molecular flexibility index (Phi) is 8.89. The number of esters is 1. The lowest BCUT2D eigenvalue weighted by Crippen LogP contribution is -2.44. The molecule has 0 saturated carbocycles. The van der Waals surface area contributed by atoms with Crippen LogP contribution in [-0.4, -0.2) is 53.0 Å². The van der Waals surface area contributed by atoms with E-state index in [-0.39, 0.29) is 49.2 Å². The van der Waals surface area contributed by atoms with Gasteiger partial charge in [-0.1, -0.05) is 17.7 Å². The fraction of sp³-hybridized carbons (Fsp3) is 0.346. The van der Waals surface area contributed by atoms with E-state index in [0.717, 1.165) is 39.9 Å². The molecule has 0 bridgehead atoms. The summed E-state index contributed by atoms with van der Waals surface area (Å²) in [7, 11) is -8.12. The normalized spacial score (nSPS) is 16.1. The van der Waals surface area contributed by atoms with E-state index in [4.69, 9.17) is 16.3 Å². The van der Waals surface area contributed by atoms with Gasteiger partial charge in [-0.15, -0.1) is 11.3 Å². The van der Waals surface area contributed by atoms with Gasteiger partial charge in [0.25, 0.3) is 10.0 Å². The van der Waals surface area contributed by atoms with Crippen LogP contribution in [0.5, 0.6) is 5.75 Å². The predicted octanol–water partition coefficient (Wildman–Crippen LogP) is 5.79. The topological polar surface area (TPSA) is 107 Å². The van der Waals surface area contributed by atoms with Crippen molar-refractivity contribution in [2.24, 2.45) is 0 Å². The first-order valence-electron chi connectivity index (χ1n) is 12.2. The molecule has 16 heteroatoms. The number of alkyl halides is 3. The standard InChI is InChI=1S/C26H24ClF4NO7S3/c1-25(2,26(29,30)31)39-23(33)14-16-3-8-21-20(13-16)32(42(36,37)19-6-4-17(28)5-7-19)15-18(38-21)11-12-41(34,35)24-10-9-22(27)40-24/h3-10,13,18H,11-12,14-15H2,1-2H3/t18-/m0/s1. The van der Waals surface area contributed by atoms with Gasteiger partial charge in [0, 0.05) is 6.42 Å². The Balaban J connectivity index is 1.64. The Labute approximate surface area is 248 Å². The van der Waals surface area contributed by atoms with Crippen LogP contribution < -0.4 is 9.04 Å². The smallest absolute Gasteiger partial charge is 0.427 e. The van der Waals surface area contributed by atoms with Crippen molar-refractivity contribution in [3.63, 3.8) is 0 Å². The average molecular weight is 670 g/mol. The monoisotopic (exact) mass is 669 g/mol. The zero-order valence-corrected chi connectivity index (χ0v) is 25.2. The molecule has 0 radical (unpaired) electrons. The van der Waals surface area contributed by atoms with Gasteiger partial charge in [-0.25, -0.2) is 21.2 Å². The minimum Gasteiger partial charge on any atom is -0.486 e. The highest BCUT2D eigenvalue weighted by atomic mass is 35.5. The third-order valence-corrected chi connectivity index (χ3v) is 11.7. The van der Waals surface area contributed by atoms with E-state index in [1.165, 1.54) is 30.3 Å². The summed E-state index contributed by atoms with van der Waals surface area (Å²) in [6, 6.07) is 10.8. The Morgan fingerprint density at radius 3 is 2.33 bits per heavy atom. The van der Waals surface area contributed by atoms with Crippen LogP contribution in [0.15, 0.2) is 63.7 Å². The molecule has 2 heterocycles. The first-order valence-corrected chi connectivity index (χ1v) is 16.5. The molecule has 0 saturated heterocycles. The van der Waals surface area contributed by atoms with Crippen molar-refractivity contribution in [1.29, 1.82) is 0 Å². The van der Waals surface area contributed by atoms with Crippen LogP contribution in [0.25, 0.3) is 0 Å². The van der Waals surface area contributed by atoms with Crippen molar-refractivity contribution in [2.75, 3.05) is 16.6 Å². The molecule has 2 aromatic carbocycles. The molecule has 0 unspecified atom stereocenters. The van der Waals surface area contributed by atoms with Gasteiger partial charge in [-0.3, -0.25) is 9.10 Å². The number of sulfone groups is 1. The van der Waals surface area contributed by atoms with Gasteiger partial charge in [0.2, 0.25) is 5.60 Å². The molecule has 0 amide bonds. The number of hydrogen-bond acceptors (Lipinski definition) is 8. The second-order valence-electron chi connectivity index (χ2n) is 9.86. The second kappa shape index (κ2) is 11.7. The summed E-state index contributed by atoms with van der Waals surface area (Å²) in [6.45, 7) is 1.06. The van der Waals surface area contributed by atoms with Gasteiger partial charge in [0.05, 0.1) is 33.6 Å². The number of nitrogens with zero attached hydrogens (tertiary/aromatic N) is 1. The number of benzene rings is 2. The van der Waals surface area contributed by atoms with E-state index >= 15 is 0 Å². The number of fused-ring (bicyclic) bond motifs is 1. The first kappa shape index (κ1) is 32.0. The molecule has 0 fully saturated rings. The molecule has 0 aliphatic carbocycles. The number of halogens is 5. The molecule has 1 aromatic heterocycles. The highest BCUT2D eigenvalue weighted by Gasteiger charge is 2.50. The fourth-order valence-corrected chi connectivity index (χ4v) is 8.47. The van der Waals surface area contributed by atoms with Gasteiger partial charge >= 0.3 is 12.1 Å². The molecule has 3 aromatic rings. The number of hydrogen-bond donors (Lipinski definition) is 0. The summed E-state index contributed by atoms with van der Waals surface area (Å²) < 4.78 is 118. The Bertz CT molecular complexity index is 1690. The molecule has 4 rings (SSSR count). The maximum Gasteiger partial charge on any atom is 0.427 e. The number of sulfonamides is 1. The van der Waals surface area contributed by atoms with Crippen LogP contribution in [0.1, 0.15) is 25.8 Å². The lowest BCUT2D eigenvalue weighted by atomic mass is 10.1. The van der Waals surface area contributed by atoms with Crippen molar-refractivity contribution in [2.45, 2.75) is 53.7 Å². The third kappa shape index (κ3) is 7.01. The average Bonchev–Trinajstić information content (AvgIpc) is 3.33. The van der Waals surface area contributed by atoms with E-state index in [1.54, 1.807) is 0 Å².